The van der Waals surface area contributed by atoms with Crippen LogP contribution in [0.5, 0.6) is 0 Å². The third kappa shape index (κ3) is 5.09. The summed E-state index contributed by atoms with van der Waals surface area (Å²) >= 11 is 5.96. The molecular formula is C26H29ClN4O3. The van der Waals surface area contributed by atoms with E-state index in [1.807, 2.05) is 68.4 Å². The van der Waals surface area contributed by atoms with E-state index in [-0.39, 0.29) is 18.0 Å². The van der Waals surface area contributed by atoms with E-state index in [4.69, 9.17) is 16.1 Å². The number of aromatic nitrogens is 1. The topological polar surface area (TPSA) is 78.7 Å². The van der Waals surface area contributed by atoms with Crippen LogP contribution in [0.1, 0.15) is 42.6 Å². The molecule has 2 heterocycles. The zero-order chi connectivity index (χ0) is 24.2. The van der Waals surface area contributed by atoms with Crippen molar-refractivity contribution in [3.63, 3.8) is 0 Å². The molecule has 1 saturated heterocycles. The normalized spacial score (nSPS) is 16.4. The number of hydrogen-bond donors (Lipinski definition) is 1. The van der Waals surface area contributed by atoms with E-state index in [0.717, 1.165) is 28.8 Å². The van der Waals surface area contributed by atoms with E-state index in [9.17, 15) is 9.59 Å². The number of rotatable bonds is 6. The number of carbonyl (C=O) groups is 2. The average molecular weight is 481 g/mol. The molecule has 1 N–H and O–H groups in total. The molecule has 2 aromatic carbocycles. The minimum absolute atomic E-state index is 0.0682. The standard InChI is InChI=1S/C26H29ClN4O3/c1-17(23-18(2)29-34-24(23)20-8-5-4-6-9-20)28-26(33)31-15-7-10-22(31)25(32)30(3)16-19-11-13-21(27)14-12-19/h4-6,8-9,11-14,17,22H,7,10,15-16H2,1-3H3,(H,28,33)/t17-,22?/m0/s1. The highest BCUT2D eigenvalue weighted by Gasteiger charge is 2.36. The van der Waals surface area contributed by atoms with Gasteiger partial charge in [-0.05, 0) is 44.4 Å². The highest BCUT2D eigenvalue weighted by Crippen LogP contribution is 2.31. The van der Waals surface area contributed by atoms with Crippen LogP contribution in [-0.2, 0) is 11.3 Å². The van der Waals surface area contributed by atoms with Gasteiger partial charge >= 0.3 is 6.03 Å². The van der Waals surface area contributed by atoms with Crippen molar-refractivity contribution in [2.45, 2.75) is 45.3 Å². The Morgan fingerprint density at radius 2 is 1.91 bits per heavy atom. The molecule has 1 aliphatic heterocycles. The SMILES string of the molecule is Cc1noc(-c2ccccc2)c1[C@H](C)NC(=O)N1CCCC1C(=O)N(C)Cc1ccc(Cl)cc1. The van der Waals surface area contributed by atoms with Gasteiger partial charge in [-0.1, -0.05) is 59.2 Å². The van der Waals surface area contributed by atoms with Crippen molar-refractivity contribution in [2.24, 2.45) is 0 Å². The molecule has 4 rings (SSSR count). The van der Waals surface area contributed by atoms with Crippen molar-refractivity contribution in [1.82, 2.24) is 20.3 Å². The Balaban J connectivity index is 1.44. The molecule has 0 bridgehead atoms. The maximum atomic E-state index is 13.2. The van der Waals surface area contributed by atoms with Gasteiger partial charge in [0.05, 0.1) is 11.7 Å². The largest absolute Gasteiger partial charge is 0.356 e. The van der Waals surface area contributed by atoms with Crippen LogP contribution in [0.25, 0.3) is 11.3 Å². The molecule has 1 aliphatic rings. The second-order valence-electron chi connectivity index (χ2n) is 8.72. The Bertz CT molecular complexity index is 1150. The van der Waals surface area contributed by atoms with Crippen LogP contribution in [0.15, 0.2) is 59.1 Å². The van der Waals surface area contributed by atoms with Gasteiger partial charge in [-0.15, -0.1) is 0 Å². The first-order valence-corrected chi connectivity index (χ1v) is 11.8. The lowest BCUT2D eigenvalue weighted by atomic mass is 10.0. The molecule has 3 aromatic rings. The molecule has 178 valence electrons. The quantitative estimate of drug-likeness (QED) is 0.526. The number of hydrogen-bond acceptors (Lipinski definition) is 4. The Hall–Kier alpha value is -3.32. The fourth-order valence-corrected chi connectivity index (χ4v) is 4.61. The lowest BCUT2D eigenvalue weighted by molar-refractivity contribution is -0.134. The molecule has 1 fully saturated rings. The summed E-state index contributed by atoms with van der Waals surface area (Å²) in [6.07, 6.45) is 1.43. The summed E-state index contributed by atoms with van der Waals surface area (Å²) in [6, 6.07) is 16.0. The molecule has 3 amide bonds. The predicted molar refractivity (Wildman–Crippen MR) is 131 cm³/mol. The number of nitrogens with zero attached hydrogens (tertiary/aromatic N) is 3. The van der Waals surface area contributed by atoms with Crippen LogP contribution in [0.4, 0.5) is 4.79 Å². The van der Waals surface area contributed by atoms with E-state index in [1.54, 1.807) is 16.8 Å². The fraction of sp³-hybridized carbons (Fsp3) is 0.346. The molecule has 0 spiro atoms. The molecule has 0 radical (unpaired) electrons. The number of aryl methyl sites for hydroxylation is 1. The van der Waals surface area contributed by atoms with Gasteiger partial charge in [-0.3, -0.25) is 4.79 Å². The van der Waals surface area contributed by atoms with Crippen molar-refractivity contribution in [2.75, 3.05) is 13.6 Å². The Morgan fingerprint density at radius 3 is 2.62 bits per heavy atom. The first-order chi connectivity index (χ1) is 16.3. The van der Waals surface area contributed by atoms with Gasteiger partial charge in [0.15, 0.2) is 5.76 Å². The summed E-state index contributed by atoms with van der Waals surface area (Å²) in [4.78, 5) is 29.7. The minimum atomic E-state index is -0.485. The van der Waals surface area contributed by atoms with Gasteiger partial charge in [0.2, 0.25) is 5.91 Å². The van der Waals surface area contributed by atoms with Crippen LogP contribution in [0, 0.1) is 6.92 Å². The first-order valence-electron chi connectivity index (χ1n) is 11.4. The number of nitrogens with one attached hydrogen (secondary N) is 1. The summed E-state index contributed by atoms with van der Waals surface area (Å²) < 4.78 is 5.58. The highest BCUT2D eigenvalue weighted by molar-refractivity contribution is 6.30. The number of likely N-dealkylation sites (tertiary alicyclic amines) is 1. The van der Waals surface area contributed by atoms with Gasteiger partial charge in [0.1, 0.15) is 6.04 Å². The monoisotopic (exact) mass is 480 g/mol. The zero-order valence-electron chi connectivity index (χ0n) is 19.6. The van der Waals surface area contributed by atoms with Crippen LogP contribution >= 0.6 is 11.6 Å². The van der Waals surface area contributed by atoms with E-state index in [1.165, 1.54) is 0 Å². The Kier molecular flexibility index (Phi) is 7.22. The summed E-state index contributed by atoms with van der Waals surface area (Å²) in [7, 11) is 1.76. The smallest absolute Gasteiger partial charge is 0.318 e. The lowest BCUT2D eigenvalue weighted by Gasteiger charge is -2.29. The Morgan fingerprint density at radius 1 is 1.21 bits per heavy atom. The van der Waals surface area contributed by atoms with Crippen LogP contribution in [0.2, 0.25) is 5.02 Å². The van der Waals surface area contributed by atoms with Crippen molar-refractivity contribution in [3.05, 3.63) is 76.4 Å². The van der Waals surface area contributed by atoms with Gasteiger partial charge in [-0.2, -0.15) is 0 Å². The highest BCUT2D eigenvalue weighted by atomic mass is 35.5. The van der Waals surface area contributed by atoms with Crippen LogP contribution < -0.4 is 5.32 Å². The number of carbonyl (C=O) groups excluding carboxylic acids is 2. The van der Waals surface area contributed by atoms with Crippen molar-refractivity contribution < 1.29 is 14.1 Å². The van der Waals surface area contributed by atoms with E-state index < -0.39 is 6.04 Å². The first kappa shape index (κ1) is 23.8. The maximum Gasteiger partial charge on any atom is 0.318 e. The van der Waals surface area contributed by atoms with Gasteiger partial charge in [-0.25, -0.2) is 4.79 Å². The summed E-state index contributed by atoms with van der Waals surface area (Å²) in [5.41, 5.74) is 3.45. The van der Waals surface area contributed by atoms with Gasteiger partial charge < -0.3 is 19.6 Å². The number of likely N-dealkylation sites (N-methyl/N-ethyl adjacent to an activating group) is 1. The third-order valence-corrected chi connectivity index (χ3v) is 6.48. The fourth-order valence-electron chi connectivity index (χ4n) is 4.49. The second-order valence-corrected chi connectivity index (χ2v) is 9.16. The molecule has 7 nitrogen and oxygen atoms in total. The minimum Gasteiger partial charge on any atom is -0.356 e. The van der Waals surface area contributed by atoms with Crippen molar-refractivity contribution in [3.8, 4) is 11.3 Å². The molecule has 34 heavy (non-hydrogen) atoms. The van der Waals surface area contributed by atoms with Crippen molar-refractivity contribution >= 4 is 23.5 Å². The summed E-state index contributed by atoms with van der Waals surface area (Å²) in [5.74, 6) is 0.573. The van der Waals surface area contributed by atoms with Crippen molar-refractivity contribution in [1.29, 1.82) is 0 Å². The zero-order valence-corrected chi connectivity index (χ0v) is 20.4. The van der Waals surface area contributed by atoms with Gasteiger partial charge in [0.25, 0.3) is 0 Å². The van der Waals surface area contributed by atoms with E-state index in [0.29, 0.717) is 30.3 Å². The summed E-state index contributed by atoms with van der Waals surface area (Å²) in [5, 5.41) is 7.83. The predicted octanol–water partition coefficient (Wildman–Crippen LogP) is 5.20. The third-order valence-electron chi connectivity index (χ3n) is 6.23. The number of urea groups is 1. The van der Waals surface area contributed by atoms with Crippen LogP contribution in [-0.4, -0.2) is 46.5 Å². The Labute approximate surface area is 204 Å². The number of halogens is 1. The van der Waals surface area contributed by atoms with Crippen LogP contribution in [0.3, 0.4) is 0 Å². The van der Waals surface area contributed by atoms with Gasteiger partial charge in [0, 0.05) is 36.3 Å². The molecule has 1 aromatic heterocycles. The second kappa shape index (κ2) is 10.3. The number of benzene rings is 2. The number of amides is 3. The lowest BCUT2D eigenvalue weighted by Crippen LogP contribution is -2.50. The summed E-state index contributed by atoms with van der Waals surface area (Å²) in [6.45, 7) is 4.77. The molecule has 0 aliphatic carbocycles. The van der Waals surface area contributed by atoms with E-state index in [2.05, 4.69) is 10.5 Å². The maximum absolute atomic E-state index is 13.2. The van der Waals surface area contributed by atoms with E-state index >= 15 is 0 Å². The average Bonchev–Trinajstić information content (AvgIpc) is 3.47. The molecule has 2 atom stereocenters. The molecule has 1 unspecified atom stereocenters. The molecular weight excluding hydrogens is 452 g/mol. The molecule has 0 saturated carbocycles. The molecule has 8 heteroatoms.